The molecule has 3 heteroatoms. The zero-order valence-corrected chi connectivity index (χ0v) is 10.6. The van der Waals surface area contributed by atoms with Crippen molar-refractivity contribution in [3.8, 4) is 0 Å². The third kappa shape index (κ3) is 2.07. The molecule has 0 saturated heterocycles. The molecule has 1 aromatic rings. The average molecular weight is 233 g/mol. The Kier molecular flexibility index (Phi) is 3.20. The minimum atomic E-state index is -0.424. The molecule has 2 atom stereocenters. The van der Waals surface area contributed by atoms with Crippen molar-refractivity contribution in [2.24, 2.45) is 0 Å². The fourth-order valence-electron chi connectivity index (χ4n) is 2.36. The Bertz CT molecular complexity index is 454. The van der Waals surface area contributed by atoms with Gasteiger partial charge >= 0.3 is 0 Å². The summed E-state index contributed by atoms with van der Waals surface area (Å²) in [5.41, 5.74) is 3.90. The fourth-order valence-corrected chi connectivity index (χ4v) is 2.36. The molecule has 2 rings (SSSR count). The summed E-state index contributed by atoms with van der Waals surface area (Å²) in [6.07, 6.45) is 1.28. The molecule has 0 saturated carbocycles. The smallest absolute Gasteiger partial charge is 0.231 e. The first-order valence-electron chi connectivity index (χ1n) is 6.18. The van der Waals surface area contributed by atoms with Crippen molar-refractivity contribution in [1.82, 2.24) is 0 Å². The van der Waals surface area contributed by atoms with Crippen molar-refractivity contribution in [3.05, 3.63) is 28.8 Å². The van der Waals surface area contributed by atoms with Crippen LogP contribution in [0.25, 0.3) is 0 Å². The SMILES string of the molecule is CCCC(O)c1cc(C)c2c(c1)C(C)C(=O)N2. The number of hydrogen-bond acceptors (Lipinski definition) is 2. The fraction of sp³-hybridized carbons (Fsp3) is 0.500. The van der Waals surface area contributed by atoms with Crippen molar-refractivity contribution in [3.63, 3.8) is 0 Å². The minimum absolute atomic E-state index is 0.0465. The van der Waals surface area contributed by atoms with Gasteiger partial charge in [-0.3, -0.25) is 4.79 Å². The van der Waals surface area contributed by atoms with Crippen LogP contribution in [0.3, 0.4) is 0 Å². The number of benzene rings is 1. The number of carbonyl (C=O) groups is 1. The second-order valence-electron chi connectivity index (χ2n) is 4.82. The zero-order valence-electron chi connectivity index (χ0n) is 10.6. The van der Waals surface area contributed by atoms with E-state index in [9.17, 15) is 9.90 Å². The van der Waals surface area contributed by atoms with Crippen LogP contribution in [0.5, 0.6) is 0 Å². The molecule has 2 N–H and O–H groups in total. The number of anilines is 1. The second kappa shape index (κ2) is 4.49. The van der Waals surface area contributed by atoms with Crippen molar-refractivity contribution in [2.75, 3.05) is 5.32 Å². The van der Waals surface area contributed by atoms with Gasteiger partial charge in [0.1, 0.15) is 0 Å². The Balaban J connectivity index is 2.41. The van der Waals surface area contributed by atoms with Gasteiger partial charge in [0.05, 0.1) is 12.0 Å². The Morgan fingerprint density at radius 1 is 1.47 bits per heavy atom. The van der Waals surface area contributed by atoms with E-state index < -0.39 is 6.10 Å². The van der Waals surface area contributed by atoms with Crippen LogP contribution in [0, 0.1) is 6.92 Å². The van der Waals surface area contributed by atoms with Crippen LogP contribution in [0.15, 0.2) is 12.1 Å². The van der Waals surface area contributed by atoms with E-state index in [1.165, 1.54) is 0 Å². The topological polar surface area (TPSA) is 49.3 Å². The lowest BCUT2D eigenvalue weighted by atomic mass is 9.94. The molecule has 0 radical (unpaired) electrons. The van der Waals surface area contributed by atoms with Crippen LogP contribution in [-0.2, 0) is 4.79 Å². The van der Waals surface area contributed by atoms with Crippen LogP contribution in [0.2, 0.25) is 0 Å². The van der Waals surface area contributed by atoms with E-state index in [-0.39, 0.29) is 11.8 Å². The van der Waals surface area contributed by atoms with Gasteiger partial charge in [0.2, 0.25) is 5.91 Å². The molecule has 0 aromatic heterocycles. The predicted octanol–water partition coefficient (Wildman–Crippen LogP) is 2.88. The van der Waals surface area contributed by atoms with E-state index in [2.05, 4.69) is 12.2 Å². The molecule has 1 aliphatic rings. The minimum Gasteiger partial charge on any atom is -0.388 e. The summed E-state index contributed by atoms with van der Waals surface area (Å²) in [5.74, 6) is -0.0669. The molecule has 0 bridgehead atoms. The lowest BCUT2D eigenvalue weighted by Gasteiger charge is -2.14. The monoisotopic (exact) mass is 233 g/mol. The van der Waals surface area contributed by atoms with Gasteiger partial charge in [-0.15, -0.1) is 0 Å². The van der Waals surface area contributed by atoms with Gasteiger partial charge in [-0.1, -0.05) is 25.5 Å². The standard InChI is InChI=1S/C14H19NO2/c1-4-5-12(16)10-6-8(2)13-11(7-10)9(3)14(17)15-13/h6-7,9,12,16H,4-5H2,1-3H3,(H,15,17). The van der Waals surface area contributed by atoms with Crippen LogP contribution in [0.4, 0.5) is 5.69 Å². The third-order valence-corrected chi connectivity index (χ3v) is 3.44. The van der Waals surface area contributed by atoms with Crippen molar-refractivity contribution >= 4 is 11.6 Å². The number of fused-ring (bicyclic) bond motifs is 1. The van der Waals surface area contributed by atoms with E-state index in [0.717, 1.165) is 35.2 Å². The maximum absolute atomic E-state index is 11.6. The lowest BCUT2D eigenvalue weighted by Crippen LogP contribution is -2.08. The number of carbonyl (C=O) groups excluding carboxylic acids is 1. The van der Waals surface area contributed by atoms with Crippen LogP contribution < -0.4 is 5.32 Å². The summed E-state index contributed by atoms with van der Waals surface area (Å²) in [7, 11) is 0. The summed E-state index contributed by atoms with van der Waals surface area (Å²) < 4.78 is 0. The molecule has 0 spiro atoms. The Morgan fingerprint density at radius 2 is 2.18 bits per heavy atom. The molecule has 1 aliphatic heterocycles. The average Bonchev–Trinajstić information content (AvgIpc) is 2.57. The Morgan fingerprint density at radius 3 is 2.82 bits per heavy atom. The third-order valence-electron chi connectivity index (χ3n) is 3.44. The Hall–Kier alpha value is -1.35. The van der Waals surface area contributed by atoms with Gasteiger partial charge in [0, 0.05) is 5.69 Å². The first-order chi connectivity index (χ1) is 8.04. The van der Waals surface area contributed by atoms with Gasteiger partial charge in [-0.2, -0.15) is 0 Å². The van der Waals surface area contributed by atoms with E-state index in [0.29, 0.717) is 0 Å². The second-order valence-corrected chi connectivity index (χ2v) is 4.82. The van der Waals surface area contributed by atoms with E-state index in [1.807, 2.05) is 26.0 Å². The molecule has 2 unspecified atom stereocenters. The number of aliphatic hydroxyl groups is 1. The van der Waals surface area contributed by atoms with Crippen LogP contribution >= 0.6 is 0 Å². The van der Waals surface area contributed by atoms with Gasteiger partial charge in [0.15, 0.2) is 0 Å². The molecule has 0 fully saturated rings. The highest BCUT2D eigenvalue weighted by molar-refractivity contribution is 6.03. The highest BCUT2D eigenvalue weighted by Gasteiger charge is 2.28. The summed E-state index contributed by atoms with van der Waals surface area (Å²) in [4.78, 5) is 11.6. The summed E-state index contributed by atoms with van der Waals surface area (Å²) >= 11 is 0. The molecule has 3 nitrogen and oxygen atoms in total. The predicted molar refractivity (Wildman–Crippen MR) is 68.1 cm³/mol. The first kappa shape index (κ1) is 12.1. The number of aryl methyl sites for hydroxylation is 1. The number of amides is 1. The van der Waals surface area contributed by atoms with Gasteiger partial charge in [-0.05, 0) is 37.0 Å². The maximum atomic E-state index is 11.6. The van der Waals surface area contributed by atoms with Crippen molar-refractivity contribution < 1.29 is 9.90 Å². The summed E-state index contributed by atoms with van der Waals surface area (Å²) in [6, 6.07) is 3.93. The van der Waals surface area contributed by atoms with Crippen LogP contribution in [-0.4, -0.2) is 11.0 Å². The van der Waals surface area contributed by atoms with E-state index in [4.69, 9.17) is 0 Å². The van der Waals surface area contributed by atoms with Crippen molar-refractivity contribution in [1.29, 1.82) is 0 Å². The quantitative estimate of drug-likeness (QED) is 0.843. The molecular weight excluding hydrogens is 214 g/mol. The maximum Gasteiger partial charge on any atom is 0.231 e. The molecule has 92 valence electrons. The molecule has 17 heavy (non-hydrogen) atoms. The number of aliphatic hydroxyl groups excluding tert-OH is 1. The first-order valence-corrected chi connectivity index (χ1v) is 6.18. The number of rotatable bonds is 3. The van der Waals surface area contributed by atoms with Crippen molar-refractivity contribution in [2.45, 2.75) is 45.6 Å². The van der Waals surface area contributed by atoms with Gasteiger partial charge in [-0.25, -0.2) is 0 Å². The molecule has 1 amide bonds. The van der Waals surface area contributed by atoms with E-state index in [1.54, 1.807) is 0 Å². The zero-order chi connectivity index (χ0) is 12.6. The molecule has 0 aliphatic carbocycles. The normalized spacial score (nSPS) is 20.0. The van der Waals surface area contributed by atoms with Gasteiger partial charge < -0.3 is 10.4 Å². The van der Waals surface area contributed by atoms with Crippen LogP contribution in [0.1, 0.15) is 55.4 Å². The highest BCUT2D eigenvalue weighted by Crippen LogP contribution is 2.37. The molecule has 1 aromatic carbocycles. The summed E-state index contributed by atoms with van der Waals surface area (Å²) in [5, 5.41) is 12.9. The molecular formula is C14H19NO2. The summed E-state index contributed by atoms with van der Waals surface area (Å²) in [6.45, 7) is 5.92. The number of nitrogens with one attached hydrogen (secondary N) is 1. The number of hydrogen-bond donors (Lipinski definition) is 2. The highest BCUT2D eigenvalue weighted by atomic mass is 16.3. The van der Waals surface area contributed by atoms with E-state index >= 15 is 0 Å². The lowest BCUT2D eigenvalue weighted by molar-refractivity contribution is -0.116. The Labute approximate surface area is 102 Å². The molecule has 1 heterocycles. The van der Waals surface area contributed by atoms with Gasteiger partial charge in [0.25, 0.3) is 0 Å². The largest absolute Gasteiger partial charge is 0.388 e.